The highest BCUT2D eigenvalue weighted by Crippen LogP contribution is 2.42. The first-order valence-electron chi connectivity index (χ1n) is 9.94. The quantitative estimate of drug-likeness (QED) is 0.596. The molecule has 27 heavy (non-hydrogen) atoms. The number of nitrogens with one attached hydrogen (secondary N) is 1. The number of carbonyl (C=O) groups excluding carboxylic acids is 1. The average Bonchev–Trinajstić information content (AvgIpc) is 2.61. The number of Topliss-reactive ketones (excluding diaryl/α,β-unsaturated/α-hetero) is 1. The van der Waals surface area contributed by atoms with Crippen LogP contribution in [0.1, 0.15) is 72.1 Å². The number of aromatic nitrogens is 1. The molecule has 1 aromatic carbocycles. The fourth-order valence-corrected chi connectivity index (χ4v) is 4.20. The molecule has 0 radical (unpaired) electrons. The Morgan fingerprint density at radius 2 is 2.00 bits per heavy atom. The van der Waals surface area contributed by atoms with E-state index in [1.54, 1.807) is 0 Å². The molecule has 3 N–H and O–H groups in total. The maximum Gasteiger partial charge on any atom is 0.259 e. The zero-order valence-corrected chi connectivity index (χ0v) is 16.8. The van der Waals surface area contributed by atoms with E-state index >= 15 is 0 Å². The Bertz CT molecular complexity index is 925. The molecule has 2 aromatic rings. The Hall–Kier alpha value is -2.20. The molecule has 1 unspecified atom stereocenters. The van der Waals surface area contributed by atoms with Crippen LogP contribution in [-0.4, -0.2) is 17.3 Å². The van der Waals surface area contributed by atoms with Gasteiger partial charge in [-0.3, -0.25) is 9.59 Å². The minimum absolute atomic E-state index is 0.182. The Kier molecular flexibility index (Phi) is 5.66. The molecule has 0 saturated heterocycles. The topological polar surface area (TPSA) is 76.0 Å². The Labute approximate surface area is 161 Å². The summed E-state index contributed by atoms with van der Waals surface area (Å²) >= 11 is 0. The van der Waals surface area contributed by atoms with Gasteiger partial charge in [0.25, 0.3) is 5.56 Å². The zero-order chi connectivity index (χ0) is 19.7. The number of carbonyl (C=O) groups is 1. The molecular weight excluding hydrogens is 336 g/mol. The van der Waals surface area contributed by atoms with Gasteiger partial charge in [0.05, 0.1) is 11.3 Å². The molecule has 0 amide bonds. The normalized spacial score (nSPS) is 15.6. The predicted octanol–water partition coefficient (Wildman–Crippen LogP) is 4.13. The number of fused-ring (bicyclic) bond motifs is 3. The van der Waals surface area contributed by atoms with E-state index in [0.29, 0.717) is 11.8 Å². The molecule has 0 bridgehead atoms. The Balaban J connectivity index is 2.14. The van der Waals surface area contributed by atoms with Crippen molar-refractivity contribution in [3.8, 4) is 11.3 Å². The highest BCUT2D eigenvalue weighted by Gasteiger charge is 2.29. The van der Waals surface area contributed by atoms with Crippen molar-refractivity contribution in [2.24, 2.45) is 11.7 Å². The van der Waals surface area contributed by atoms with Gasteiger partial charge in [-0.1, -0.05) is 19.9 Å². The number of ketones is 1. The van der Waals surface area contributed by atoms with Gasteiger partial charge in [-0.25, -0.2) is 0 Å². The van der Waals surface area contributed by atoms with Crippen LogP contribution >= 0.6 is 0 Å². The van der Waals surface area contributed by atoms with E-state index in [2.05, 4.69) is 37.9 Å². The van der Waals surface area contributed by atoms with Gasteiger partial charge in [-0.2, -0.15) is 0 Å². The lowest BCUT2D eigenvalue weighted by molar-refractivity contribution is 0.101. The first kappa shape index (κ1) is 19.6. The van der Waals surface area contributed by atoms with Crippen molar-refractivity contribution >= 4 is 5.78 Å². The predicted molar refractivity (Wildman–Crippen MR) is 111 cm³/mol. The molecule has 1 atom stereocenters. The van der Waals surface area contributed by atoms with E-state index in [-0.39, 0.29) is 16.9 Å². The molecule has 1 aliphatic rings. The fraction of sp³-hybridized carbons (Fsp3) is 0.478. The zero-order valence-electron chi connectivity index (χ0n) is 16.8. The van der Waals surface area contributed by atoms with Crippen molar-refractivity contribution in [3.05, 3.63) is 56.4 Å². The summed E-state index contributed by atoms with van der Waals surface area (Å²) in [5.74, 6) is 0.533. The Morgan fingerprint density at radius 3 is 2.63 bits per heavy atom. The molecule has 3 rings (SSSR count). The van der Waals surface area contributed by atoms with E-state index in [4.69, 9.17) is 5.73 Å². The van der Waals surface area contributed by atoms with Crippen LogP contribution in [0.15, 0.2) is 23.0 Å². The number of pyridine rings is 1. The summed E-state index contributed by atoms with van der Waals surface area (Å²) in [6.07, 6.45) is 4.11. The van der Waals surface area contributed by atoms with E-state index in [1.165, 1.54) is 23.6 Å². The monoisotopic (exact) mass is 366 g/mol. The maximum absolute atomic E-state index is 12.5. The number of hydrogen-bond donors (Lipinski definition) is 2. The van der Waals surface area contributed by atoms with Crippen molar-refractivity contribution in [1.29, 1.82) is 0 Å². The molecule has 1 aliphatic carbocycles. The van der Waals surface area contributed by atoms with Crippen molar-refractivity contribution < 1.29 is 4.79 Å². The van der Waals surface area contributed by atoms with Gasteiger partial charge in [-0.15, -0.1) is 0 Å². The van der Waals surface area contributed by atoms with Crippen LogP contribution < -0.4 is 11.3 Å². The standard InChI is InChI=1S/C23H30N2O2/c1-13(2)18-11-17-10-16(7-5-6-8-24)14(3)9-20(17)22-21(18)12-19(15(4)26)23(27)25-22/h9-10,12-13,18H,5-8,11,24H2,1-4H3,(H,25,27). The number of hydrogen-bond acceptors (Lipinski definition) is 3. The van der Waals surface area contributed by atoms with Gasteiger partial charge < -0.3 is 10.7 Å². The third-order valence-corrected chi connectivity index (χ3v) is 5.83. The van der Waals surface area contributed by atoms with Gasteiger partial charge in [0.15, 0.2) is 5.78 Å². The van der Waals surface area contributed by atoms with Gasteiger partial charge in [0.1, 0.15) is 0 Å². The first-order chi connectivity index (χ1) is 12.8. The summed E-state index contributed by atoms with van der Waals surface area (Å²) < 4.78 is 0. The van der Waals surface area contributed by atoms with Crippen LogP contribution in [0.3, 0.4) is 0 Å². The minimum atomic E-state index is -0.290. The van der Waals surface area contributed by atoms with Crippen molar-refractivity contribution in [2.45, 2.75) is 59.3 Å². The molecule has 4 heteroatoms. The molecule has 0 saturated carbocycles. The fourth-order valence-electron chi connectivity index (χ4n) is 4.20. The first-order valence-corrected chi connectivity index (χ1v) is 9.94. The maximum atomic E-state index is 12.5. The summed E-state index contributed by atoms with van der Waals surface area (Å²) in [5, 5.41) is 0. The van der Waals surface area contributed by atoms with Gasteiger partial charge in [0.2, 0.25) is 0 Å². The number of benzene rings is 1. The molecule has 0 fully saturated rings. The number of rotatable bonds is 6. The SMILES string of the molecule is CC(=O)c1cc2c([nH]c1=O)-c1cc(C)c(CCCCN)cc1CC2C(C)C. The average molecular weight is 367 g/mol. The lowest BCUT2D eigenvalue weighted by Gasteiger charge is -2.31. The molecule has 144 valence electrons. The lowest BCUT2D eigenvalue weighted by Crippen LogP contribution is -2.24. The molecule has 4 nitrogen and oxygen atoms in total. The second-order valence-electron chi connectivity index (χ2n) is 8.13. The highest BCUT2D eigenvalue weighted by atomic mass is 16.1. The third kappa shape index (κ3) is 3.77. The molecular formula is C23H30N2O2. The minimum Gasteiger partial charge on any atom is -0.330 e. The summed E-state index contributed by atoms with van der Waals surface area (Å²) in [7, 11) is 0. The van der Waals surface area contributed by atoms with E-state index in [9.17, 15) is 9.59 Å². The van der Waals surface area contributed by atoms with Crippen LogP contribution in [0, 0.1) is 12.8 Å². The molecule has 1 heterocycles. The van der Waals surface area contributed by atoms with Gasteiger partial charge >= 0.3 is 0 Å². The molecule has 1 aromatic heterocycles. The van der Waals surface area contributed by atoms with Crippen LogP contribution in [0.4, 0.5) is 0 Å². The number of H-pyrrole nitrogens is 1. The highest BCUT2D eigenvalue weighted by molar-refractivity contribution is 5.94. The largest absolute Gasteiger partial charge is 0.330 e. The van der Waals surface area contributed by atoms with E-state index < -0.39 is 0 Å². The summed E-state index contributed by atoms with van der Waals surface area (Å²) in [4.78, 5) is 27.4. The third-order valence-electron chi connectivity index (χ3n) is 5.83. The van der Waals surface area contributed by atoms with Crippen LogP contribution in [0.5, 0.6) is 0 Å². The number of unbranched alkanes of at least 4 members (excludes halogenated alkanes) is 1. The van der Waals surface area contributed by atoms with E-state index in [0.717, 1.165) is 49.0 Å². The smallest absolute Gasteiger partial charge is 0.259 e. The van der Waals surface area contributed by atoms with Crippen molar-refractivity contribution in [2.75, 3.05) is 6.54 Å². The van der Waals surface area contributed by atoms with E-state index in [1.807, 2.05) is 6.07 Å². The number of nitrogens with two attached hydrogens (primary N) is 1. The molecule has 0 spiro atoms. The van der Waals surface area contributed by atoms with Crippen LogP contribution in [0.2, 0.25) is 0 Å². The Morgan fingerprint density at radius 1 is 1.26 bits per heavy atom. The second kappa shape index (κ2) is 7.81. The van der Waals surface area contributed by atoms with Gasteiger partial charge in [0, 0.05) is 5.56 Å². The van der Waals surface area contributed by atoms with Gasteiger partial charge in [-0.05, 0) is 92.3 Å². The summed E-state index contributed by atoms with van der Waals surface area (Å²) in [6.45, 7) is 8.72. The lowest BCUT2D eigenvalue weighted by atomic mass is 9.74. The van der Waals surface area contributed by atoms with Crippen LogP contribution in [0.25, 0.3) is 11.3 Å². The van der Waals surface area contributed by atoms with Crippen LogP contribution in [-0.2, 0) is 12.8 Å². The summed E-state index contributed by atoms with van der Waals surface area (Å²) in [5.41, 5.74) is 12.6. The molecule has 0 aliphatic heterocycles. The second-order valence-corrected chi connectivity index (χ2v) is 8.13. The summed E-state index contributed by atoms with van der Waals surface area (Å²) in [6, 6.07) is 6.34. The van der Waals surface area contributed by atoms with Crippen molar-refractivity contribution in [1.82, 2.24) is 4.98 Å². The van der Waals surface area contributed by atoms with Crippen molar-refractivity contribution in [3.63, 3.8) is 0 Å². The number of aryl methyl sites for hydroxylation is 2. The number of aromatic amines is 1.